The van der Waals surface area contributed by atoms with Crippen molar-refractivity contribution in [2.24, 2.45) is 10.4 Å². The van der Waals surface area contributed by atoms with Crippen LogP contribution in [-0.2, 0) is 12.8 Å². The first kappa shape index (κ1) is 10.8. The minimum atomic E-state index is 0.354. The number of fused-ring (bicyclic) bond motifs is 1. The van der Waals surface area contributed by atoms with Crippen molar-refractivity contribution < 1.29 is 0 Å². The van der Waals surface area contributed by atoms with Crippen LogP contribution >= 0.6 is 0 Å². The van der Waals surface area contributed by atoms with Gasteiger partial charge in [-0.25, -0.2) is 0 Å². The first-order chi connectivity index (χ1) is 8.23. The lowest BCUT2D eigenvalue weighted by Crippen LogP contribution is -2.22. The Morgan fingerprint density at radius 2 is 2.06 bits per heavy atom. The zero-order valence-electron chi connectivity index (χ0n) is 10.7. The van der Waals surface area contributed by atoms with Gasteiger partial charge in [-0.2, -0.15) is 0 Å². The third-order valence-electron chi connectivity index (χ3n) is 4.42. The Bertz CT molecular complexity index is 510. The molecule has 0 amide bonds. The van der Waals surface area contributed by atoms with Gasteiger partial charge < -0.3 is 0 Å². The summed E-state index contributed by atoms with van der Waals surface area (Å²) in [5, 5.41) is 0. The van der Waals surface area contributed by atoms with Crippen LogP contribution in [0.3, 0.4) is 0 Å². The topological polar surface area (TPSA) is 12.4 Å². The Balaban J connectivity index is 1.97. The number of hydrogen-bond acceptors (Lipinski definition) is 1. The van der Waals surface area contributed by atoms with Gasteiger partial charge in [0.2, 0.25) is 0 Å². The average molecular weight is 225 g/mol. The van der Waals surface area contributed by atoms with E-state index in [0.29, 0.717) is 5.41 Å². The highest BCUT2D eigenvalue weighted by molar-refractivity contribution is 5.66. The van der Waals surface area contributed by atoms with Crippen molar-refractivity contribution >= 4 is 6.21 Å². The maximum atomic E-state index is 4.30. The van der Waals surface area contributed by atoms with Gasteiger partial charge in [-0.3, -0.25) is 4.99 Å². The number of benzene rings is 1. The van der Waals surface area contributed by atoms with Crippen LogP contribution in [-0.4, -0.2) is 6.21 Å². The summed E-state index contributed by atoms with van der Waals surface area (Å²) in [6, 6.07) is 6.92. The molecule has 0 N–H and O–H groups in total. The highest BCUT2D eigenvalue weighted by atomic mass is 14.7. The number of aryl methyl sites for hydroxylation is 1. The summed E-state index contributed by atoms with van der Waals surface area (Å²) in [7, 11) is 0. The number of nitrogens with zero attached hydrogens (tertiary/aromatic N) is 1. The Labute approximate surface area is 103 Å². The first-order valence-electron chi connectivity index (χ1n) is 6.53. The van der Waals surface area contributed by atoms with Gasteiger partial charge in [0.15, 0.2) is 0 Å². The number of hydrogen-bond donors (Lipinski definition) is 0. The first-order valence-corrected chi connectivity index (χ1v) is 6.53. The molecule has 1 heterocycles. The molecule has 1 nitrogen and oxygen atoms in total. The molecule has 0 spiro atoms. The summed E-state index contributed by atoms with van der Waals surface area (Å²) in [4.78, 5) is 4.30. The minimum absolute atomic E-state index is 0.354. The van der Waals surface area contributed by atoms with Crippen LogP contribution in [0.25, 0.3) is 0 Å². The van der Waals surface area contributed by atoms with E-state index in [1.807, 2.05) is 6.21 Å². The van der Waals surface area contributed by atoms with E-state index in [9.17, 15) is 0 Å². The summed E-state index contributed by atoms with van der Waals surface area (Å²) < 4.78 is 0. The van der Waals surface area contributed by atoms with Crippen molar-refractivity contribution in [3.05, 3.63) is 46.7 Å². The summed E-state index contributed by atoms with van der Waals surface area (Å²) in [5.41, 5.74) is 6.37. The van der Waals surface area contributed by atoms with E-state index >= 15 is 0 Å². The van der Waals surface area contributed by atoms with Crippen molar-refractivity contribution in [2.75, 3.05) is 0 Å². The second-order valence-electron chi connectivity index (χ2n) is 5.45. The molecule has 1 aromatic carbocycles. The van der Waals surface area contributed by atoms with Crippen LogP contribution in [0.5, 0.6) is 0 Å². The summed E-state index contributed by atoms with van der Waals surface area (Å²) in [5.74, 6) is 0. The Hall–Kier alpha value is -1.37. The zero-order chi connectivity index (χ0) is 11.9. The fourth-order valence-electron chi connectivity index (χ4n) is 3.29. The molecule has 2 aliphatic rings. The Kier molecular flexibility index (Phi) is 2.43. The molecule has 1 aliphatic carbocycles. The van der Waals surface area contributed by atoms with Crippen LogP contribution in [0.4, 0.5) is 0 Å². The molecule has 0 bridgehead atoms. The third kappa shape index (κ3) is 1.65. The molecule has 0 fully saturated rings. The molecule has 0 saturated heterocycles. The molecule has 1 atom stereocenters. The number of allylic oxidation sites excluding steroid dienone is 1. The lowest BCUT2D eigenvalue weighted by atomic mass is 9.75. The fraction of sp³-hybridized carbons (Fsp3) is 0.438. The second-order valence-corrected chi connectivity index (χ2v) is 5.45. The van der Waals surface area contributed by atoms with Crippen molar-refractivity contribution in [3.8, 4) is 0 Å². The molecule has 0 aromatic heterocycles. The highest BCUT2D eigenvalue weighted by Crippen LogP contribution is 2.46. The van der Waals surface area contributed by atoms with Gasteiger partial charge in [0, 0.05) is 24.3 Å². The molecule has 0 saturated carbocycles. The minimum Gasteiger partial charge on any atom is -0.269 e. The zero-order valence-corrected chi connectivity index (χ0v) is 10.7. The van der Waals surface area contributed by atoms with E-state index in [1.54, 1.807) is 11.1 Å². The van der Waals surface area contributed by atoms with E-state index in [0.717, 1.165) is 6.42 Å². The van der Waals surface area contributed by atoms with Crippen LogP contribution in [0, 0.1) is 12.3 Å². The normalized spacial score (nSPS) is 26.1. The van der Waals surface area contributed by atoms with Crippen molar-refractivity contribution in [1.29, 1.82) is 0 Å². The van der Waals surface area contributed by atoms with Crippen LogP contribution in [0.1, 0.15) is 36.5 Å². The van der Waals surface area contributed by atoms with Gasteiger partial charge >= 0.3 is 0 Å². The molecule has 17 heavy (non-hydrogen) atoms. The van der Waals surface area contributed by atoms with Crippen LogP contribution in [0.15, 0.2) is 35.0 Å². The molecule has 88 valence electrons. The van der Waals surface area contributed by atoms with Gasteiger partial charge in [0.1, 0.15) is 0 Å². The smallest absolute Gasteiger partial charge is 0.0265 e. The second kappa shape index (κ2) is 3.83. The Morgan fingerprint density at radius 1 is 1.24 bits per heavy atom. The van der Waals surface area contributed by atoms with Gasteiger partial charge in [-0.1, -0.05) is 30.7 Å². The van der Waals surface area contributed by atoms with E-state index < -0.39 is 0 Å². The quantitative estimate of drug-likeness (QED) is 0.725. The van der Waals surface area contributed by atoms with Crippen molar-refractivity contribution in [1.82, 2.24) is 0 Å². The third-order valence-corrected chi connectivity index (χ3v) is 4.42. The predicted molar refractivity (Wildman–Crippen MR) is 72.5 cm³/mol. The standard InChI is InChI=1S/C16H19N/c1-3-16(15-6-7-17-11-15)9-13-5-4-12(2)8-14(13)10-16/h4-5,7-8,11H,3,6,9-10H2,1-2H3. The Morgan fingerprint density at radius 3 is 2.76 bits per heavy atom. The average Bonchev–Trinajstić information content (AvgIpc) is 2.95. The SMILES string of the molecule is CCC1(C2=CN=CC2)Cc2ccc(C)cc2C1. The molecule has 1 unspecified atom stereocenters. The molecular weight excluding hydrogens is 206 g/mol. The molecule has 1 aliphatic heterocycles. The van der Waals surface area contributed by atoms with Crippen LogP contribution < -0.4 is 0 Å². The lowest BCUT2D eigenvalue weighted by molar-refractivity contribution is 0.359. The van der Waals surface area contributed by atoms with E-state index in [4.69, 9.17) is 0 Å². The summed E-state index contributed by atoms with van der Waals surface area (Å²) in [6.45, 7) is 4.50. The highest BCUT2D eigenvalue weighted by Gasteiger charge is 2.38. The van der Waals surface area contributed by atoms with Gasteiger partial charge in [0.05, 0.1) is 0 Å². The van der Waals surface area contributed by atoms with E-state index in [-0.39, 0.29) is 0 Å². The monoisotopic (exact) mass is 225 g/mol. The van der Waals surface area contributed by atoms with Crippen molar-refractivity contribution in [3.63, 3.8) is 0 Å². The molecule has 3 rings (SSSR count). The van der Waals surface area contributed by atoms with Gasteiger partial charge in [-0.05, 0) is 42.9 Å². The van der Waals surface area contributed by atoms with Gasteiger partial charge in [0.25, 0.3) is 0 Å². The van der Waals surface area contributed by atoms with E-state index in [2.05, 4.69) is 43.2 Å². The largest absolute Gasteiger partial charge is 0.269 e. The van der Waals surface area contributed by atoms with E-state index in [1.165, 1.54) is 30.4 Å². The maximum Gasteiger partial charge on any atom is 0.0265 e. The summed E-state index contributed by atoms with van der Waals surface area (Å²) in [6.07, 6.45) is 8.82. The fourth-order valence-corrected chi connectivity index (χ4v) is 3.29. The van der Waals surface area contributed by atoms with Crippen molar-refractivity contribution in [2.45, 2.75) is 39.5 Å². The van der Waals surface area contributed by atoms with Gasteiger partial charge in [-0.15, -0.1) is 0 Å². The maximum absolute atomic E-state index is 4.30. The molecule has 1 aromatic rings. The molecule has 0 radical (unpaired) electrons. The molecule has 1 heteroatoms. The lowest BCUT2D eigenvalue weighted by Gasteiger charge is -2.28. The predicted octanol–water partition coefficient (Wildman–Crippen LogP) is 3.85. The molecular formula is C16H19N. The van der Waals surface area contributed by atoms with Crippen LogP contribution in [0.2, 0.25) is 0 Å². The number of rotatable bonds is 2. The summed E-state index contributed by atoms with van der Waals surface area (Å²) >= 11 is 0. The number of aliphatic imine (C=N–C) groups is 1.